The molecular weight excluding hydrogens is 682 g/mol. The summed E-state index contributed by atoms with van der Waals surface area (Å²) >= 11 is 9.31. The van der Waals surface area contributed by atoms with Crippen LogP contribution in [0.3, 0.4) is 0 Å². The van der Waals surface area contributed by atoms with Crippen LogP contribution in [0.1, 0.15) is 12.5 Å². The van der Waals surface area contributed by atoms with Crippen molar-refractivity contribution in [1.82, 2.24) is 39.0 Å². The monoisotopic (exact) mass is 706 g/mol. The molecule has 8 N–H and O–H groups in total. The fourth-order valence-corrected chi connectivity index (χ4v) is 8.15. The summed E-state index contributed by atoms with van der Waals surface area (Å²) in [4.78, 5) is 46.1. The Morgan fingerprint density at radius 2 is 1.53 bits per heavy atom. The van der Waals surface area contributed by atoms with Crippen molar-refractivity contribution in [2.24, 2.45) is 0 Å². The number of anilines is 2. The number of fused-ring (bicyclic) bond motifs is 6. The van der Waals surface area contributed by atoms with Crippen molar-refractivity contribution in [2.45, 2.75) is 49.1 Å². The van der Waals surface area contributed by atoms with Gasteiger partial charge in [0.15, 0.2) is 35.1 Å². The molecule has 0 spiro atoms. The number of nitrogens with two attached hydrogens (primary N) is 2. The first-order chi connectivity index (χ1) is 21.3. The average molecular weight is 707 g/mol. The van der Waals surface area contributed by atoms with Gasteiger partial charge < -0.3 is 40.6 Å². The first kappa shape index (κ1) is 31.0. The minimum Gasteiger partial charge on any atom is -0.387 e. The molecule has 7 rings (SSSR count). The Labute approximate surface area is 260 Å². The molecule has 10 atom stereocenters. The molecular formula is C20H24N10O11P2S2. The van der Waals surface area contributed by atoms with Gasteiger partial charge in [0.2, 0.25) is 5.95 Å². The molecule has 25 heteroatoms. The molecule has 242 valence electrons. The molecule has 7 heterocycles. The third kappa shape index (κ3) is 5.56. The predicted molar refractivity (Wildman–Crippen MR) is 157 cm³/mol. The van der Waals surface area contributed by atoms with Crippen LogP contribution in [0, 0.1) is 0 Å². The summed E-state index contributed by atoms with van der Waals surface area (Å²) in [6, 6.07) is 0. The number of rotatable bonds is 2. The van der Waals surface area contributed by atoms with Crippen molar-refractivity contribution in [2.75, 3.05) is 24.7 Å². The van der Waals surface area contributed by atoms with Gasteiger partial charge in [0.05, 0.1) is 25.9 Å². The normalized spacial score (nSPS) is 37.7. The van der Waals surface area contributed by atoms with Crippen LogP contribution in [-0.2, 0) is 43.9 Å². The van der Waals surface area contributed by atoms with Crippen LogP contribution < -0.4 is 17.0 Å². The first-order valence-corrected chi connectivity index (χ1v) is 18.2. The number of thiol groups is 1. The Morgan fingerprint density at radius 3 is 2.22 bits per heavy atom. The van der Waals surface area contributed by atoms with Gasteiger partial charge in [-0.1, -0.05) is 12.2 Å². The van der Waals surface area contributed by atoms with Gasteiger partial charge in [-0.3, -0.25) is 32.5 Å². The molecule has 45 heavy (non-hydrogen) atoms. The third-order valence-corrected chi connectivity index (χ3v) is 10.5. The Hall–Kier alpha value is -2.63. The topological polar surface area (TPSA) is 292 Å². The molecule has 0 saturated carbocycles. The second-order valence-corrected chi connectivity index (χ2v) is 15.8. The number of hydrogen-bond donors (Lipinski definition) is 7. The van der Waals surface area contributed by atoms with E-state index in [-0.39, 0.29) is 34.1 Å². The molecule has 0 aromatic carbocycles. The number of nitrogens with zero attached hydrogens (tertiary/aromatic N) is 7. The number of aromatic amines is 1. The minimum atomic E-state index is -4.36. The quantitative estimate of drug-likeness (QED) is 0.0942. The Morgan fingerprint density at radius 1 is 0.933 bits per heavy atom. The van der Waals surface area contributed by atoms with Crippen molar-refractivity contribution >= 4 is 71.7 Å². The summed E-state index contributed by atoms with van der Waals surface area (Å²) in [6.07, 6.45) is -7.36. The van der Waals surface area contributed by atoms with Crippen LogP contribution in [-0.4, -0.2) is 104 Å². The summed E-state index contributed by atoms with van der Waals surface area (Å²) in [5.41, 5.74) is 11.3. The van der Waals surface area contributed by atoms with E-state index in [1.807, 2.05) is 0 Å². The lowest BCUT2D eigenvalue weighted by Gasteiger charge is -2.27. The lowest BCUT2D eigenvalue weighted by molar-refractivity contribution is -0.0600. The van der Waals surface area contributed by atoms with Crippen LogP contribution >= 0.6 is 25.8 Å². The van der Waals surface area contributed by atoms with Gasteiger partial charge in [-0.25, -0.2) is 24.5 Å². The lowest BCUT2D eigenvalue weighted by Crippen LogP contribution is -2.37. The highest BCUT2D eigenvalue weighted by Crippen LogP contribution is 2.58. The van der Waals surface area contributed by atoms with Crippen molar-refractivity contribution in [3.05, 3.63) is 29.3 Å². The van der Waals surface area contributed by atoms with E-state index < -0.39 is 81.4 Å². The van der Waals surface area contributed by atoms with Crippen LogP contribution in [0.25, 0.3) is 22.3 Å². The number of nitrogens with one attached hydrogen (secondary N) is 1. The Bertz CT molecular complexity index is 1940. The molecule has 4 unspecified atom stereocenters. The number of aliphatic hydroxyl groups excluding tert-OH is 2. The Kier molecular flexibility index (Phi) is 7.76. The van der Waals surface area contributed by atoms with Crippen molar-refractivity contribution in [1.29, 1.82) is 0 Å². The second-order valence-electron chi connectivity index (χ2n) is 10.1. The number of aromatic nitrogens is 8. The zero-order valence-corrected chi connectivity index (χ0v) is 25.9. The standard InChI is InChI=1S/C20H24N10O11P2S2/c21-14-8-15(24-3-23-14)29(4-25-8)18-12-10(31)6(38-18)1-36-43(35,45)41-13-11(32)7(2-37-42(34,44)40-12)39-19(13)30-5-26-9-16(30)27-20(22)28-17(9)33/h3-7,10-13,18-19,31-32H,1-2H2,(H,34,44)(H,35,45)(H2,21,23,24)(H3,22,27,28,33)/t6-,7-,10?,11?,12+,13+,18-,19-,42?,43?/m1/s1. The maximum Gasteiger partial charge on any atom is 0.386 e. The number of aliphatic hydroxyl groups is 2. The number of ether oxygens (including phenoxy) is 2. The molecule has 0 aliphatic carbocycles. The molecule has 4 aromatic rings. The highest BCUT2D eigenvalue weighted by Gasteiger charge is 2.53. The SMILES string of the molecule is Nc1nc2c(ncn2[C@@H]2O[C@@H]3COP(O)(=S)O[C@H]4C(O)[C@@H](COP(=O)(S)O[C@H]2C3O)O[C@H]4n2cnc3c(N)ncnc32)c(=O)[nH]1. The van der Waals surface area contributed by atoms with E-state index in [0.717, 1.165) is 0 Å². The largest absolute Gasteiger partial charge is 0.387 e. The smallest absolute Gasteiger partial charge is 0.386 e. The molecule has 4 aromatic heterocycles. The number of nitrogen functional groups attached to an aromatic ring is 2. The molecule has 0 radical (unpaired) electrons. The average Bonchev–Trinajstić information content (AvgIpc) is 3.72. The maximum absolute atomic E-state index is 13.5. The summed E-state index contributed by atoms with van der Waals surface area (Å²) in [7, 11) is 0. The van der Waals surface area contributed by atoms with E-state index in [9.17, 15) is 24.5 Å². The summed E-state index contributed by atoms with van der Waals surface area (Å²) < 4.78 is 50.5. The second kappa shape index (κ2) is 11.3. The Balaban J connectivity index is 1.23. The van der Waals surface area contributed by atoms with E-state index in [1.165, 1.54) is 28.1 Å². The molecule has 4 bridgehead atoms. The van der Waals surface area contributed by atoms with Crippen LogP contribution in [0.2, 0.25) is 0 Å². The van der Waals surface area contributed by atoms with Crippen molar-refractivity contribution in [3.8, 4) is 0 Å². The molecule has 3 aliphatic rings. The van der Waals surface area contributed by atoms with E-state index >= 15 is 0 Å². The highest BCUT2D eigenvalue weighted by molar-refractivity contribution is 8.44. The molecule has 3 aliphatic heterocycles. The van der Waals surface area contributed by atoms with E-state index in [0.29, 0.717) is 0 Å². The molecule has 21 nitrogen and oxygen atoms in total. The van der Waals surface area contributed by atoms with Gasteiger partial charge in [-0.15, -0.1) is 0 Å². The van der Waals surface area contributed by atoms with E-state index in [1.54, 1.807) is 0 Å². The van der Waals surface area contributed by atoms with Gasteiger partial charge in [0, 0.05) is 0 Å². The maximum atomic E-state index is 13.5. The number of hydrogen-bond acceptors (Lipinski definition) is 18. The van der Waals surface area contributed by atoms with Crippen molar-refractivity contribution in [3.63, 3.8) is 0 Å². The van der Waals surface area contributed by atoms with E-state index in [4.69, 9.17) is 50.8 Å². The van der Waals surface area contributed by atoms with Gasteiger partial charge in [-0.05, 0) is 11.8 Å². The van der Waals surface area contributed by atoms with Gasteiger partial charge in [-0.2, -0.15) is 4.98 Å². The van der Waals surface area contributed by atoms with Gasteiger partial charge >= 0.3 is 13.5 Å². The lowest BCUT2D eigenvalue weighted by atomic mass is 10.1. The number of imidazole rings is 2. The first-order valence-electron chi connectivity index (χ1n) is 13.0. The van der Waals surface area contributed by atoms with Crippen LogP contribution in [0.4, 0.5) is 11.8 Å². The number of H-pyrrole nitrogens is 1. The summed E-state index contributed by atoms with van der Waals surface area (Å²) in [5.74, 6) is -0.144. The van der Waals surface area contributed by atoms with Crippen LogP contribution in [0.5, 0.6) is 0 Å². The summed E-state index contributed by atoms with van der Waals surface area (Å²) in [6.45, 7) is -9.71. The summed E-state index contributed by atoms with van der Waals surface area (Å²) in [5, 5.41) is 22.4. The zero-order valence-electron chi connectivity index (χ0n) is 22.4. The fourth-order valence-electron chi connectivity index (χ4n) is 5.28. The third-order valence-electron chi connectivity index (χ3n) is 7.33. The van der Waals surface area contributed by atoms with Gasteiger partial charge in [0.25, 0.3) is 5.56 Å². The van der Waals surface area contributed by atoms with Gasteiger partial charge in [0.1, 0.15) is 48.5 Å². The van der Waals surface area contributed by atoms with Crippen molar-refractivity contribution < 1.29 is 47.2 Å². The molecule has 3 saturated heterocycles. The minimum absolute atomic E-state index is 0.0361. The van der Waals surface area contributed by atoms with E-state index in [2.05, 4.69) is 42.2 Å². The molecule has 0 amide bonds. The zero-order chi connectivity index (χ0) is 31.8. The fraction of sp³-hybridized carbons (Fsp3) is 0.500. The predicted octanol–water partition coefficient (Wildman–Crippen LogP) is -1.29. The molecule has 3 fully saturated rings. The van der Waals surface area contributed by atoms with Crippen LogP contribution in [0.15, 0.2) is 23.8 Å². The highest BCUT2D eigenvalue weighted by atomic mass is 32.7.